The Bertz CT molecular complexity index is 49.5. The van der Waals surface area contributed by atoms with Crippen LogP contribution in [0.4, 0.5) is 0 Å². The van der Waals surface area contributed by atoms with E-state index in [-0.39, 0.29) is 12.4 Å². The van der Waals surface area contributed by atoms with Gasteiger partial charge in [-0.2, -0.15) is 0 Å². The second-order valence-electron chi connectivity index (χ2n) is 0.999. The summed E-state index contributed by atoms with van der Waals surface area (Å²) in [6.07, 6.45) is 0. The number of ether oxygens (including phenoxy) is 1. The van der Waals surface area contributed by atoms with Crippen LogP contribution in [0.5, 0.6) is 0 Å². The first-order valence-corrected chi connectivity index (χ1v) is 1.63. The molecule has 1 N–H and O–H groups in total. The summed E-state index contributed by atoms with van der Waals surface area (Å²) in [7, 11) is 1.50. The Morgan fingerprint density at radius 1 is 2.00 bits per heavy atom. The van der Waals surface area contributed by atoms with Crippen LogP contribution in [0, 0.1) is 0 Å². The molecule has 0 amide bonds. The normalized spacial score (nSPS) is 8.17. The molecule has 6 heavy (non-hydrogen) atoms. The van der Waals surface area contributed by atoms with Gasteiger partial charge in [-0.25, -0.2) is 0 Å². The summed E-state index contributed by atoms with van der Waals surface area (Å²) in [5.74, 6) is 0.0671. The smallest absolute Gasteiger partial charge is 0.111 e. The monoisotopic (exact) mass is 88.1 g/mol. The van der Waals surface area contributed by atoms with Gasteiger partial charge in [0.2, 0.25) is 0 Å². The Morgan fingerprint density at radius 2 is 2.50 bits per heavy atom. The third-order valence-corrected chi connectivity index (χ3v) is 0.311. The molecule has 0 unspecified atom stereocenters. The van der Waals surface area contributed by atoms with Crippen molar-refractivity contribution < 1.29 is 9.84 Å². The predicted octanol–water partition coefficient (Wildman–Crippen LogP) is 0.704. The molecule has 0 aromatic heterocycles. The SMILES string of the molecule is C=C(O)COC. The molecule has 0 bridgehead atoms. The first-order valence-electron chi connectivity index (χ1n) is 1.63. The highest BCUT2D eigenvalue weighted by atomic mass is 16.5. The molecular formula is C4H8O2. The summed E-state index contributed by atoms with van der Waals surface area (Å²) in [5.41, 5.74) is 0. The van der Waals surface area contributed by atoms with Crippen LogP contribution in [-0.2, 0) is 4.74 Å². The van der Waals surface area contributed by atoms with E-state index in [9.17, 15) is 0 Å². The predicted molar refractivity (Wildman–Crippen MR) is 23.6 cm³/mol. The van der Waals surface area contributed by atoms with E-state index in [1.54, 1.807) is 0 Å². The standard InChI is InChI=1S/C4H8O2/c1-4(5)3-6-2/h5H,1,3H2,2H3. The zero-order chi connectivity index (χ0) is 4.99. The van der Waals surface area contributed by atoms with Crippen LogP contribution in [0.25, 0.3) is 0 Å². The molecule has 0 aliphatic carbocycles. The maximum atomic E-state index is 8.23. The van der Waals surface area contributed by atoms with Gasteiger partial charge in [-0.3, -0.25) is 0 Å². The Hall–Kier alpha value is -0.500. The molecule has 0 heterocycles. The van der Waals surface area contributed by atoms with Crippen molar-refractivity contribution in [1.82, 2.24) is 0 Å². The van der Waals surface area contributed by atoms with E-state index in [1.807, 2.05) is 0 Å². The van der Waals surface area contributed by atoms with Gasteiger partial charge in [0.25, 0.3) is 0 Å². The molecule has 0 saturated carbocycles. The maximum Gasteiger partial charge on any atom is 0.111 e. The Kier molecular flexibility index (Phi) is 2.50. The van der Waals surface area contributed by atoms with Gasteiger partial charge < -0.3 is 9.84 Å². The first-order chi connectivity index (χ1) is 2.77. The molecule has 0 aliphatic heterocycles. The van der Waals surface area contributed by atoms with Crippen molar-refractivity contribution >= 4 is 0 Å². The molecule has 0 aliphatic rings. The summed E-state index contributed by atoms with van der Waals surface area (Å²) < 4.78 is 4.45. The van der Waals surface area contributed by atoms with Crippen LogP contribution >= 0.6 is 0 Å². The van der Waals surface area contributed by atoms with Crippen molar-refractivity contribution in [2.75, 3.05) is 13.7 Å². The summed E-state index contributed by atoms with van der Waals surface area (Å²) in [6.45, 7) is 3.41. The van der Waals surface area contributed by atoms with E-state index in [0.717, 1.165) is 0 Å². The second kappa shape index (κ2) is 2.72. The van der Waals surface area contributed by atoms with Crippen LogP contribution in [0.1, 0.15) is 0 Å². The summed E-state index contributed by atoms with van der Waals surface area (Å²) in [5, 5.41) is 8.23. The lowest BCUT2D eigenvalue weighted by molar-refractivity contribution is 0.184. The lowest BCUT2D eigenvalue weighted by Gasteiger charge is -1.89. The van der Waals surface area contributed by atoms with Gasteiger partial charge >= 0.3 is 0 Å². The minimum Gasteiger partial charge on any atom is -0.510 e. The quantitative estimate of drug-likeness (QED) is 0.503. The molecule has 2 nitrogen and oxygen atoms in total. The van der Waals surface area contributed by atoms with Gasteiger partial charge in [0.05, 0.1) is 0 Å². The molecule has 0 aromatic carbocycles. The maximum absolute atomic E-state index is 8.23. The molecule has 0 rings (SSSR count). The van der Waals surface area contributed by atoms with Gasteiger partial charge in [-0.1, -0.05) is 6.58 Å². The summed E-state index contributed by atoms with van der Waals surface area (Å²) in [6, 6.07) is 0. The molecule has 0 fully saturated rings. The van der Waals surface area contributed by atoms with E-state index >= 15 is 0 Å². The van der Waals surface area contributed by atoms with Gasteiger partial charge in [0, 0.05) is 7.11 Å². The topological polar surface area (TPSA) is 29.5 Å². The van der Waals surface area contributed by atoms with Crippen molar-refractivity contribution in [1.29, 1.82) is 0 Å². The van der Waals surface area contributed by atoms with Crippen molar-refractivity contribution in [3.05, 3.63) is 12.3 Å². The lowest BCUT2D eigenvalue weighted by Crippen LogP contribution is -1.88. The second-order valence-corrected chi connectivity index (χ2v) is 0.999. The van der Waals surface area contributed by atoms with Gasteiger partial charge in [-0.15, -0.1) is 0 Å². The average molecular weight is 88.1 g/mol. The van der Waals surface area contributed by atoms with Crippen LogP contribution < -0.4 is 0 Å². The highest BCUT2D eigenvalue weighted by Crippen LogP contribution is 1.77. The van der Waals surface area contributed by atoms with Crippen LogP contribution in [-0.4, -0.2) is 18.8 Å². The minimum atomic E-state index is 0.0671. The molecule has 2 heteroatoms. The number of methoxy groups -OCH3 is 1. The third-order valence-electron chi connectivity index (χ3n) is 0.311. The fraction of sp³-hybridized carbons (Fsp3) is 0.500. The lowest BCUT2D eigenvalue weighted by atomic mass is 10.6. The van der Waals surface area contributed by atoms with E-state index < -0.39 is 0 Å². The van der Waals surface area contributed by atoms with Crippen LogP contribution in [0.2, 0.25) is 0 Å². The number of hydrogen-bond acceptors (Lipinski definition) is 2. The largest absolute Gasteiger partial charge is 0.510 e. The van der Waals surface area contributed by atoms with Crippen molar-refractivity contribution in [2.24, 2.45) is 0 Å². The summed E-state index contributed by atoms with van der Waals surface area (Å²) in [4.78, 5) is 0. The number of aliphatic hydroxyl groups excluding tert-OH is 1. The molecule has 36 valence electrons. The zero-order valence-electron chi connectivity index (χ0n) is 3.77. The zero-order valence-corrected chi connectivity index (χ0v) is 3.77. The Morgan fingerprint density at radius 3 is 2.50 bits per heavy atom. The van der Waals surface area contributed by atoms with Crippen LogP contribution in [0.3, 0.4) is 0 Å². The van der Waals surface area contributed by atoms with Crippen molar-refractivity contribution in [3.63, 3.8) is 0 Å². The molecular weight excluding hydrogens is 80.0 g/mol. The number of rotatable bonds is 2. The first kappa shape index (κ1) is 5.50. The fourth-order valence-electron chi connectivity index (χ4n) is 0.167. The minimum absolute atomic E-state index is 0.0671. The van der Waals surface area contributed by atoms with E-state index in [1.165, 1.54) is 7.11 Å². The van der Waals surface area contributed by atoms with Crippen LogP contribution in [0.15, 0.2) is 12.3 Å². The van der Waals surface area contributed by atoms with E-state index in [0.29, 0.717) is 0 Å². The van der Waals surface area contributed by atoms with E-state index in [4.69, 9.17) is 5.11 Å². The highest BCUT2D eigenvalue weighted by Gasteiger charge is 1.78. The Balaban J connectivity index is 2.83. The highest BCUT2D eigenvalue weighted by molar-refractivity contribution is 4.76. The fourth-order valence-corrected chi connectivity index (χ4v) is 0.167. The summed E-state index contributed by atoms with van der Waals surface area (Å²) >= 11 is 0. The van der Waals surface area contributed by atoms with Crippen molar-refractivity contribution in [3.8, 4) is 0 Å². The van der Waals surface area contributed by atoms with Gasteiger partial charge in [-0.05, 0) is 0 Å². The van der Waals surface area contributed by atoms with E-state index in [2.05, 4.69) is 11.3 Å². The Labute approximate surface area is 37.1 Å². The number of hydrogen-bond donors (Lipinski definition) is 1. The molecule has 0 saturated heterocycles. The third kappa shape index (κ3) is 3.50. The number of aliphatic hydroxyl groups is 1. The molecule has 0 atom stereocenters. The molecule has 0 spiro atoms. The molecule has 0 aromatic rings. The average Bonchev–Trinajstić information content (AvgIpc) is 1.35. The molecule has 0 radical (unpaired) electrons. The van der Waals surface area contributed by atoms with Gasteiger partial charge in [0.1, 0.15) is 12.4 Å². The van der Waals surface area contributed by atoms with Crippen molar-refractivity contribution in [2.45, 2.75) is 0 Å². The van der Waals surface area contributed by atoms with Gasteiger partial charge in [0.15, 0.2) is 0 Å².